The van der Waals surface area contributed by atoms with E-state index in [-0.39, 0.29) is 0 Å². The second-order valence-corrected chi connectivity index (χ2v) is 14.1. The van der Waals surface area contributed by atoms with Crippen LogP contribution in [0.15, 0.2) is 42.6 Å². The molecule has 0 radical (unpaired) electrons. The van der Waals surface area contributed by atoms with Crippen molar-refractivity contribution in [2.45, 2.75) is 6.55 Å². The molecule has 0 atom stereocenters. The third-order valence-electron chi connectivity index (χ3n) is 4.15. The molecule has 0 aromatic heterocycles. The van der Waals surface area contributed by atoms with Crippen LogP contribution in [-0.4, -0.2) is 90.4 Å². The lowest BCUT2D eigenvalue weighted by Gasteiger charge is -2.24. The summed E-state index contributed by atoms with van der Waals surface area (Å²) in [7, 11) is 6.99. The molecule has 0 fully saturated rings. The molecule has 0 unspecified atom stereocenters. The van der Waals surface area contributed by atoms with Crippen LogP contribution < -0.4 is 5.19 Å². The monoisotopic (exact) mass is 482 g/mol. The van der Waals surface area contributed by atoms with Gasteiger partial charge in [0.1, 0.15) is 0 Å². The first-order chi connectivity index (χ1) is 14.2. The number of rotatable bonds is 11. The number of hydrogen-bond donors (Lipinski definition) is 0. The van der Waals surface area contributed by atoms with E-state index in [0.717, 1.165) is 5.19 Å². The molecule has 30 heavy (non-hydrogen) atoms. The van der Waals surface area contributed by atoms with Gasteiger partial charge in [0.05, 0.1) is 0 Å². The topological polar surface area (TPSA) is 83.1 Å². The first kappa shape index (κ1) is 31.4. The van der Waals surface area contributed by atoms with E-state index in [0.29, 0.717) is 0 Å². The fourth-order valence-corrected chi connectivity index (χ4v) is 5.30. The first-order valence-corrected chi connectivity index (χ1v) is 14.6. The Bertz CT molecular complexity index is 512. The van der Waals surface area contributed by atoms with Crippen molar-refractivity contribution < 1.29 is 39.8 Å². The minimum absolute atomic E-state index is 0.975. The normalized spacial score (nSPS) is 11.7. The summed E-state index contributed by atoms with van der Waals surface area (Å²) in [5.74, 6) is 0. The predicted molar refractivity (Wildman–Crippen MR) is 122 cm³/mol. The van der Waals surface area contributed by atoms with Crippen LogP contribution >= 0.6 is 0 Å². The van der Waals surface area contributed by atoms with Crippen LogP contribution in [0.1, 0.15) is 0 Å². The van der Waals surface area contributed by atoms with Crippen LogP contribution in [0.5, 0.6) is 0 Å². The van der Waals surface area contributed by atoms with Gasteiger partial charge in [0.25, 0.3) is 0 Å². The average Bonchev–Trinajstić information content (AvgIpc) is 2.83. The van der Waals surface area contributed by atoms with Crippen molar-refractivity contribution in [1.82, 2.24) is 0 Å². The van der Waals surface area contributed by atoms with Gasteiger partial charge < -0.3 is 39.8 Å². The highest BCUT2D eigenvalue weighted by Crippen LogP contribution is 2.06. The summed E-state index contributed by atoms with van der Waals surface area (Å²) in [4.78, 5) is 0. The minimum Gasteiger partial charge on any atom is -0.377 e. The maximum Gasteiger partial charge on any atom is 0.536 e. The van der Waals surface area contributed by atoms with E-state index in [1.165, 1.54) is 0 Å². The molecule has 0 saturated carbocycles. The highest BCUT2D eigenvalue weighted by Gasteiger charge is 2.40. The van der Waals surface area contributed by atoms with Crippen molar-refractivity contribution in [3.63, 3.8) is 0 Å². The molecule has 1 aromatic rings. The molecule has 0 aliphatic heterocycles. The number of benzene rings is 1. The fraction of sp³-hybridized carbons (Fsp3) is 0.556. The summed E-state index contributed by atoms with van der Waals surface area (Å²) in [6.45, 7) is 5.36. The standard InChI is InChI=1S/C9H14O3Si.C5H12O3Si.C4H12O3Si/c1-10-13(11-2,12-3)9-7-5-4-6-8-9;1-5-9(6-2,7-3)8-4;1-5-8(4,6-2)7-3/h4-8H,1-3H3;5H,1H2,2-4H3;1-4H3. The van der Waals surface area contributed by atoms with Crippen LogP contribution in [0.25, 0.3) is 0 Å². The van der Waals surface area contributed by atoms with Crippen molar-refractivity contribution in [2.75, 3.05) is 64.0 Å². The second kappa shape index (κ2) is 16.9. The van der Waals surface area contributed by atoms with Gasteiger partial charge in [0, 0.05) is 75.7 Å². The zero-order valence-electron chi connectivity index (χ0n) is 19.8. The Morgan fingerprint density at radius 1 is 0.600 bits per heavy atom. The van der Waals surface area contributed by atoms with Crippen LogP contribution in [-0.2, 0) is 39.8 Å². The predicted octanol–water partition coefficient (Wildman–Crippen LogP) is 1.86. The zero-order chi connectivity index (χ0) is 23.7. The molecule has 0 spiro atoms. The highest BCUT2D eigenvalue weighted by molar-refractivity contribution is 6.75. The summed E-state index contributed by atoms with van der Waals surface area (Å²) in [6.07, 6.45) is 0. The Morgan fingerprint density at radius 2 is 0.967 bits per heavy atom. The van der Waals surface area contributed by atoms with Crippen LogP contribution in [0, 0.1) is 0 Å². The van der Waals surface area contributed by atoms with Crippen molar-refractivity contribution in [1.29, 1.82) is 0 Å². The van der Waals surface area contributed by atoms with Gasteiger partial charge in [-0.15, -0.1) is 0 Å². The highest BCUT2D eigenvalue weighted by atomic mass is 28.4. The molecule has 9 nitrogen and oxygen atoms in total. The molecule has 0 bridgehead atoms. The molecule has 1 aromatic carbocycles. The molecule has 0 aliphatic carbocycles. The molecule has 0 N–H and O–H groups in total. The van der Waals surface area contributed by atoms with E-state index in [4.69, 9.17) is 39.8 Å². The quantitative estimate of drug-likeness (QED) is 0.439. The van der Waals surface area contributed by atoms with Crippen LogP contribution in [0.4, 0.5) is 0 Å². The summed E-state index contributed by atoms with van der Waals surface area (Å²) in [6, 6.07) is 9.72. The van der Waals surface area contributed by atoms with Gasteiger partial charge in [-0.05, 0) is 5.70 Å². The molecule has 12 heteroatoms. The summed E-state index contributed by atoms with van der Waals surface area (Å²) in [5.41, 5.74) is 1.58. The molecule has 0 heterocycles. The zero-order valence-corrected chi connectivity index (χ0v) is 22.8. The van der Waals surface area contributed by atoms with E-state index >= 15 is 0 Å². The second-order valence-electron chi connectivity index (χ2n) is 5.43. The Labute approximate surface area is 184 Å². The summed E-state index contributed by atoms with van der Waals surface area (Å²) < 4.78 is 45.6. The van der Waals surface area contributed by atoms with Gasteiger partial charge in [-0.2, -0.15) is 0 Å². The maximum absolute atomic E-state index is 5.32. The maximum atomic E-state index is 5.32. The Kier molecular flexibility index (Phi) is 17.7. The Hall–Kier alpha value is -0.749. The van der Waals surface area contributed by atoms with Crippen molar-refractivity contribution in [3.05, 3.63) is 42.6 Å². The average molecular weight is 483 g/mol. The van der Waals surface area contributed by atoms with Crippen LogP contribution in [0.3, 0.4) is 0 Å². The van der Waals surface area contributed by atoms with Crippen molar-refractivity contribution in [2.24, 2.45) is 0 Å². The SMILES string of the molecule is C=C[Si](OC)(OC)OC.CO[Si](C)(OC)OC.CO[Si](OC)(OC)c1ccccc1. The molecular formula is C18H38O9Si3. The van der Waals surface area contributed by atoms with Gasteiger partial charge >= 0.3 is 26.4 Å². The largest absolute Gasteiger partial charge is 0.536 e. The Balaban J connectivity index is 0. The summed E-state index contributed by atoms with van der Waals surface area (Å²) in [5, 5.41) is 0.975. The van der Waals surface area contributed by atoms with Gasteiger partial charge in [0.2, 0.25) is 0 Å². The third-order valence-corrected chi connectivity index (χ3v) is 11.2. The molecule has 0 amide bonds. The van der Waals surface area contributed by atoms with Crippen molar-refractivity contribution in [3.8, 4) is 0 Å². The van der Waals surface area contributed by atoms with Gasteiger partial charge in [-0.1, -0.05) is 36.9 Å². The Morgan fingerprint density at radius 3 is 1.13 bits per heavy atom. The number of hydrogen-bond acceptors (Lipinski definition) is 9. The van der Waals surface area contributed by atoms with E-state index in [1.54, 1.807) is 69.7 Å². The van der Waals surface area contributed by atoms with Gasteiger partial charge in [0.15, 0.2) is 0 Å². The molecule has 0 saturated heterocycles. The molecule has 0 aliphatic rings. The lowest BCUT2D eigenvalue weighted by Crippen LogP contribution is -2.54. The van der Waals surface area contributed by atoms with E-state index in [9.17, 15) is 0 Å². The van der Waals surface area contributed by atoms with Gasteiger partial charge in [-0.25, -0.2) is 0 Å². The summed E-state index contributed by atoms with van der Waals surface area (Å²) >= 11 is 0. The van der Waals surface area contributed by atoms with Gasteiger partial charge in [-0.3, -0.25) is 0 Å². The van der Waals surface area contributed by atoms with E-state index in [2.05, 4.69) is 6.58 Å². The first-order valence-electron chi connectivity index (χ1n) is 8.87. The minimum atomic E-state index is -2.59. The molecule has 176 valence electrons. The van der Waals surface area contributed by atoms with Crippen molar-refractivity contribution >= 4 is 31.6 Å². The van der Waals surface area contributed by atoms with Crippen LogP contribution in [0.2, 0.25) is 6.55 Å². The lowest BCUT2D eigenvalue weighted by molar-refractivity contribution is 0.132. The van der Waals surface area contributed by atoms with E-state index in [1.807, 2.05) is 36.9 Å². The fourth-order valence-electron chi connectivity index (χ4n) is 2.00. The lowest BCUT2D eigenvalue weighted by atomic mass is 10.4. The molecule has 1 rings (SSSR count). The third kappa shape index (κ3) is 10.0. The van der Waals surface area contributed by atoms with E-state index < -0.39 is 26.4 Å². The molecular weight excluding hydrogens is 444 g/mol. The smallest absolute Gasteiger partial charge is 0.377 e.